The quantitative estimate of drug-likeness (QED) is 0.160. The highest BCUT2D eigenvalue weighted by atomic mass is 32.2. The highest BCUT2D eigenvalue weighted by Gasteiger charge is 2.16. The Labute approximate surface area is 241 Å². The smallest absolute Gasteiger partial charge is 0.337 e. The first-order chi connectivity index (χ1) is 19.5. The Kier molecular flexibility index (Phi) is 9.11. The van der Waals surface area contributed by atoms with Gasteiger partial charge in [-0.2, -0.15) is 0 Å². The number of primary sulfonamides is 1. The molecule has 3 N–H and O–H groups in total. The lowest BCUT2D eigenvalue weighted by molar-refractivity contribution is -0.113. The maximum Gasteiger partial charge on any atom is 0.337 e. The summed E-state index contributed by atoms with van der Waals surface area (Å²) in [5.41, 5.74) is 2.61. The molecule has 1 amide bonds. The fourth-order valence-corrected chi connectivity index (χ4v) is 5.35. The van der Waals surface area contributed by atoms with Gasteiger partial charge in [0.05, 0.1) is 34.2 Å². The molecule has 0 spiro atoms. The Morgan fingerprint density at radius 3 is 2.34 bits per heavy atom. The summed E-state index contributed by atoms with van der Waals surface area (Å²) in [5.74, 6) is -0.863. The van der Waals surface area contributed by atoms with Gasteiger partial charge in [0.1, 0.15) is 0 Å². The number of nitrogens with one attached hydrogen (secondary N) is 1. The molecule has 0 radical (unpaired) electrons. The number of hydrogen-bond acceptors (Lipinski definition) is 9. The van der Waals surface area contributed by atoms with E-state index in [4.69, 9.17) is 9.88 Å². The molecule has 0 aliphatic carbocycles. The number of hydrogen-bond donors (Lipinski definition) is 2. The summed E-state index contributed by atoms with van der Waals surface area (Å²) in [7, 11) is 1.29. The molecular weight excluding hydrogens is 566 g/mol. The third-order valence-corrected chi connectivity index (χ3v) is 8.12. The number of nitrogens with zero attached hydrogens (tertiary/aromatic N) is 3. The average molecular weight is 596 g/mol. The highest BCUT2D eigenvalue weighted by molar-refractivity contribution is 7.99. The minimum atomic E-state index is -3.82. The zero-order chi connectivity index (χ0) is 29.7. The highest BCUT2D eigenvalue weighted by Crippen LogP contribution is 2.21. The van der Waals surface area contributed by atoms with Gasteiger partial charge in [0, 0.05) is 32.0 Å². The molecule has 0 saturated heterocycles. The number of aryl methyl sites for hydroxylation is 1. The Hall–Kier alpha value is -4.20. The molecule has 4 aromatic rings. The lowest BCUT2D eigenvalue weighted by atomic mass is 10.1. The molecule has 3 aromatic carbocycles. The van der Waals surface area contributed by atoms with E-state index in [1.54, 1.807) is 24.3 Å². The number of amides is 1. The van der Waals surface area contributed by atoms with E-state index in [1.807, 2.05) is 31.1 Å². The molecule has 0 unspecified atom stereocenters. The van der Waals surface area contributed by atoms with E-state index in [0.717, 1.165) is 23.0 Å². The number of aromatic nitrogens is 2. The summed E-state index contributed by atoms with van der Waals surface area (Å²) in [6.45, 7) is 0.213. The van der Waals surface area contributed by atoms with Crippen LogP contribution in [0.4, 0.5) is 11.4 Å². The van der Waals surface area contributed by atoms with Crippen LogP contribution in [0.3, 0.4) is 0 Å². The number of ether oxygens (including phenoxy) is 1. The van der Waals surface area contributed by atoms with Gasteiger partial charge in [-0.05, 0) is 66.6 Å². The first-order valence-corrected chi connectivity index (χ1v) is 14.9. The van der Waals surface area contributed by atoms with Crippen LogP contribution in [0, 0.1) is 0 Å². The molecule has 41 heavy (non-hydrogen) atoms. The molecular formula is C28H29N5O6S2. The average Bonchev–Trinajstić information content (AvgIpc) is 2.95. The molecule has 0 aliphatic rings. The number of carbonyl (C=O) groups is 2. The van der Waals surface area contributed by atoms with Crippen LogP contribution < -0.4 is 20.9 Å². The standard InChI is InChI=1S/C28H29N5O6S2/c1-32(2)21-9-7-20(8-10-21)30-25(34)17-40-28-31-24-16-19(27(36)39-3)6-13-23(24)26(35)33(28)15-14-18-4-11-22(12-5-18)41(29,37)38/h4-13,16H,14-15,17H2,1-3H3,(H,30,34)(H2,29,37,38). The van der Waals surface area contributed by atoms with Crippen LogP contribution in [0.15, 0.2) is 81.6 Å². The number of rotatable bonds is 10. The normalized spacial score (nSPS) is 11.3. The van der Waals surface area contributed by atoms with Crippen LogP contribution in [0.5, 0.6) is 0 Å². The zero-order valence-electron chi connectivity index (χ0n) is 22.7. The number of benzene rings is 3. The van der Waals surface area contributed by atoms with Gasteiger partial charge in [-0.15, -0.1) is 0 Å². The van der Waals surface area contributed by atoms with Gasteiger partial charge in [-0.25, -0.2) is 23.3 Å². The number of nitrogens with two attached hydrogens (primary N) is 1. The van der Waals surface area contributed by atoms with E-state index >= 15 is 0 Å². The van der Waals surface area contributed by atoms with Crippen molar-refractivity contribution in [3.05, 3.63) is 88.2 Å². The Morgan fingerprint density at radius 2 is 1.73 bits per heavy atom. The second kappa shape index (κ2) is 12.5. The summed E-state index contributed by atoms with van der Waals surface area (Å²) < 4.78 is 29.4. The van der Waals surface area contributed by atoms with E-state index < -0.39 is 16.0 Å². The third kappa shape index (κ3) is 7.31. The number of esters is 1. The maximum absolute atomic E-state index is 13.5. The van der Waals surface area contributed by atoms with Gasteiger partial charge in [-0.1, -0.05) is 23.9 Å². The summed E-state index contributed by atoms with van der Waals surface area (Å²) in [4.78, 5) is 44.9. The molecule has 1 heterocycles. The van der Waals surface area contributed by atoms with Gasteiger partial charge >= 0.3 is 5.97 Å². The van der Waals surface area contributed by atoms with E-state index in [1.165, 1.54) is 42.0 Å². The van der Waals surface area contributed by atoms with Crippen LogP contribution in [0.1, 0.15) is 15.9 Å². The van der Waals surface area contributed by atoms with Gasteiger partial charge in [-0.3, -0.25) is 14.2 Å². The number of thioether (sulfide) groups is 1. The van der Waals surface area contributed by atoms with E-state index in [0.29, 0.717) is 28.2 Å². The van der Waals surface area contributed by atoms with Crippen LogP contribution in [0.2, 0.25) is 0 Å². The molecule has 214 valence electrons. The number of carbonyl (C=O) groups excluding carboxylic acids is 2. The first kappa shape index (κ1) is 29.8. The number of fused-ring (bicyclic) bond motifs is 1. The van der Waals surface area contributed by atoms with Crippen molar-refractivity contribution in [2.75, 3.05) is 37.2 Å². The van der Waals surface area contributed by atoms with Gasteiger partial charge < -0.3 is 15.0 Å². The molecule has 1 aromatic heterocycles. The SMILES string of the molecule is COC(=O)c1ccc2c(=O)n(CCc3ccc(S(N)(=O)=O)cc3)c(SCC(=O)Nc3ccc(N(C)C)cc3)nc2c1. The van der Waals surface area contributed by atoms with Gasteiger partial charge in [0.2, 0.25) is 15.9 Å². The summed E-state index contributed by atoms with van der Waals surface area (Å²) in [6, 6.07) is 18.0. The van der Waals surface area contributed by atoms with Crippen molar-refractivity contribution >= 4 is 55.9 Å². The van der Waals surface area contributed by atoms with E-state index in [9.17, 15) is 22.8 Å². The van der Waals surface area contributed by atoms with Crippen LogP contribution >= 0.6 is 11.8 Å². The second-order valence-electron chi connectivity index (χ2n) is 9.29. The van der Waals surface area contributed by atoms with Crippen molar-refractivity contribution < 1.29 is 22.7 Å². The Balaban J connectivity index is 1.60. The monoisotopic (exact) mass is 595 g/mol. The van der Waals surface area contributed by atoms with Gasteiger partial charge in [0.15, 0.2) is 5.16 Å². The van der Waals surface area contributed by atoms with Crippen molar-refractivity contribution in [3.63, 3.8) is 0 Å². The molecule has 13 heteroatoms. The van der Waals surface area contributed by atoms with Crippen molar-refractivity contribution in [1.82, 2.24) is 9.55 Å². The zero-order valence-corrected chi connectivity index (χ0v) is 24.3. The number of anilines is 2. The van der Waals surface area contributed by atoms with Gasteiger partial charge in [0.25, 0.3) is 5.56 Å². The second-order valence-corrected chi connectivity index (χ2v) is 11.8. The van der Waals surface area contributed by atoms with Crippen molar-refractivity contribution in [2.24, 2.45) is 5.14 Å². The summed E-state index contributed by atoms with van der Waals surface area (Å²) in [5, 5.41) is 8.62. The molecule has 0 saturated carbocycles. The van der Waals surface area contributed by atoms with Crippen molar-refractivity contribution in [3.8, 4) is 0 Å². The first-order valence-electron chi connectivity index (χ1n) is 12.4. The maximum atomic E-state index is 13.5. The predicted octanol–water partition coefficient (Wildman–Crippen LogP) is 2.87. The van der Waals surface area contributed by atoms with Crippen molar-refractivity contribution in [2.45, 2.75) is 23.0 Å². The number of sulfonamides is 1. The molecule has 0 bridgehead atoms. The molecule has 4 rings (SSSR count). The summed E-state index contributed by atoms with van der Waals surface area (Å²) in [6.07, 6.45) is 0.385. The Morgan fingerprint density at radius 1 is 1.05 bits per heavy atom. The lowest BCUT2D eigenvalue weighted by Crippen LogP contribution is -2.25. The predicted molar refractivity (Wildman–Crippen MR) is 159 cm³/mol. The third-order valence-electron chi connectivity index (χ3n) is 6.22. The fourth-order valence-electron chi connectivity index (χ4n) is 4.01. The minimum absolute atomic E-state index is 0.00851. The fraction of sp³-hybridized carbons (Fsp3) is 0.214. The topological polar surface area (TPSA) is 154 Å². The molecule has 11 nitrogen and oxygen atoms in total. The molecule has 0 atom stereocenters. The van der Waals surface area contributed by atoms with E-state index in [2.05, 4.69) is 10.3 Å². The Bertz CT molecular complexity index is 1750. The summed E-state index contributed by atoms with van der Waals surface area (Å²) >= 11 is 1.09. The minimum Gasteiger partial charge on any atom is -0.465 e. The largest absolute Gasteiger partial charge is 0.465 e. The lowest BCUT2D eigenvalue weighted by Gasteiger charge is -2.14. The molecule has 0 fully saturated rings. The van der Waals surface area contributed by atoms with Crippen LogP contribution in [-0.4, -0.2) is 56.8 Å². The number of methoxy groups -OCH3 is 1. The molecule has 0 aliphatic heterocycles. The van der Waals surface area contributed by atoms with E-state index in [-0.39, 0.29) is 34.2 Å². The van der Waals surface area contributed by atoms with Crippen LogP contribution in [-0.2, 0) is 32.5 Å². The van der Waals surface area contributed by atoms with Crippen molar-refractivity contribution in [1.29, 1.82) is 0 Å². The van der Waals surface area contributed by atoms with Crippen LogP contribution in [0.25, 0.3) is 10.9 Å².